The topological polar surface area (TPSA) is 96.0 Å². The lowest BCUT2D eigenvalue weighted by Gasteiger charge is -2.31. The molecule has 1 saturated carbocycles. The van der Waals surface area contributed by atoms with Crippen LogP contribution in [0.1, 0.15) is 64.4 Å². The normalized spacial score (nSPS) is 14.9. The first-order valence-corrected chi connectivity index (χ1v) is 15.5. The molecule has 0 aromatic heterocycles. The van der Waals surface area contributed by atoms with E-state index < -0.39 is 16.1 Å². The van der Waals surface area contributed by atoms with Gasteiger partial charge in [0.2, 0.25) is 21.8 Å². The molecule has 3 rings (SSSR count). The number of benzene rings is 2. The Morgan fingerprint density at radius 1 is 1.05 bits per heavy atom. The molecule has 1 fully saturated rings. The summed E-state index contributed by atoms with van der Waals surface area (Å²) in [5, 5.41) is 3.09. The monoisotopic (exact) mass is 561 g/mol. The first-order valence-electron chi connectivity index (χ1n) is 13.6. The summed E-state index contributed by atoms with van der Waals surface area (Å²) >= 11 is 0. The molecule has 10 heteroatoms. The van der Waals surface area contributed by atoms with Crippen LogP contribution in [-0.2, 0) is 26.2 Å². The number of hydrogen-bond acceptors (Lipinski definition) is 5. The van der Waals surface area contributed by atoms with E-state index in [1.165, 1.54) is 21.3 Å². The molecule has 39 heavy (non-hydrogen) atoms. The molecule has 0 radical (unpaired) electrons. The number of nitrogens with zero attached hydrogens (tertiary/aromatic N) is 2. The zero-order valence-corrected chi connectivity index (χ0v) is 23.9. The van der Waals surface area contributed by atoms with Gasteiger partial charge in [-0.2, -0.15) is 0 Å². The van der Waals surface area contributed by atoms with E-state index in [-0.39, 0.29) is 49.6 Å². The Bertz CT molecular complexity index is 1180. The Labute approximate surface area is 231 Å². The van der Waals surface area contributed by atoms with Gasteiger partial charge in [0.1, 0.15) is 17.6 Å². The van der Waals surface area contributed by atoms with Crippen molar-refractivity contribution in [1.82, 2.24) is 10.2 Å². The lowest BCUT2D eigenvalue weighted by Crippen LogP contribution is -2.50. The molecule has 1 N–H and O–H groups in total. The maximum Gasteiger partial charge on any atom is 0.242 e. The van der Waals surface area contributed by atoms with E-state index >= 15 is 0 Å². The average molecular weight is 562 g/mol. The molecule has 0 unspecified atom stereocenters. The number of ether oxygens (including phenoxy) is 1. The Balaban J connectivity index is 1.70. The van der Waals surface area contributed by atoms with Crippen LogP contribution in [-0.4, -0.2) is 56.6 Å². The molecule has 1 aliphatic rings. The van der Waals surface area contributed by atoms with Gasteiger partial charge in [0.25, 0.3) is 0 Å². The predicted octanol–water partition coefficient (Wildman–Crippen LogP) is 4.64. The highest BCUT2D eigenvalue weighted by Crippen LogP contribution is 2.23. The van der Waals surface area contributed by atoms with Crippen LogP contribution in [0.15, 0.2) is 48.5 Å². The van der Waals surface area contributed by atoms with Crippen LogP contribution in [0.2, 0.25) is 0 Å². The van der Waals surface area contributed by atoms with Gasteiger partial charge in [-0.3, -0.25) is 13.9 Å². The smallest absolute Gasteiger partial charge is 0.242 e. The number of anilines is 1. The molecule has 214 valence electrons. The molecular weight excluding hydrogens is 521 g/mol. The minimum atomic E-state index is -3.59. The highest BCUT2D eigenvalue weighted by Gasteiger charge is 2.28. The van der Waals surface area contributed by atoms with Gasteiger partial charge in [-0.15, -0.1) is 0 Å². The van der Waals surface area contributed by atoms with Gasteiger partial charge >= 0.3 is 0 Å². The SMILES string of the molecule is CCOc1ccc(N(CCCC(=O)N(Cc2ccc(F)cc2)[C@H](C)C(=O)NC2CCCCC2)S(C)(=O)=O)cc1. The van der Waals surface area contributed by atoms with Gasteiger partial charge < -0.3 is 15.0 Å². The third-order valence-corrected chi connectivity index (χ3v) is 8.17. The van der Waals surface area contributed by atoms with E-state index in [4.69, 9.17) is 4.74 Å². The second kappa shape index (κ2) is 14.3. The van der Waals surface area contributed by atoms with Gasteiger partial charge in [0.05, 0.1) is 18.6 Å². The minimum Gasteiger partial charge on any atom is -0.494 e. The van der Waals surface area contributed by atoms with Gasteiger partial charge in [0, 0.05) is 25.6 Å². The number of amides is 2. The van der Waals surface area contributed by atoms with Crippen LogP contribution in [0.3, 0.4) is 0 Å². The molecule has 2 aromatic rings. The molecule has 0 heterocycles. The number of carbonyl (C=O) groups is 2. The molecule has 0 spiro atoms. The Morgan fingerprint density at radius 2 is 1.69 bits per heavy atom. The highest BCUT2D eigenvalue weighted by atomic mass is 32.2. The number of nitrogens with one attached hydrogen (secondary N) is 1. The first kappa shape index (κ1) is 30.4. The van der Waals surface area contributed by atoms with E-state index in [1.807, 2.05) is 6.92 Å². The van der Waals surface area contributed by atoms with Crippen LogP contribution in [0.5, 0.6) is 5.75 Å². The summed E-state index contributed by atoms with van der Waals surface area (Å²) in [6, 6.07) is 12.0. The summed E-state index contributed by atoms with van der Waals surface area (Å²) in [5.74, 6) is -0.230. The van der Waals surface area contributed by atoms with Gasteiger partial charge in [-0.05, 0) is 75.1 Å². The van der Waals surface area contributed by atoms with E-state index in [9.17, 15) is 22.4 Å². The van der Waals surface area contributed by atoms with Crippen molar-refractivity contribution in [3.05, 3.63) is 59.9 Å². The lowest BCUT2D eigenvalue weighted by molar-refractivity contribution is -0.141. The second-order valence-corrected chi connectivity index (χ2v) is 11.9. The van der Waals surface area contributed by atoms with Gasteiger partial charge in [-0.1, -0.05) is 31.4 Å². The number of sulfonamides is 1. The quantitative estimate of drug-likeness (QED) is 0.385. The fraction of sp³-hybridized carbons (Fsp3) is 0.517. The Kier molecular flexibility index (Phi) is 11.2. The molecule has 0 aliphatic heterocycles. The van der Waals surface area contributed by atoms with Crippen molar-refractivity contribution in [3.8, 4) is 5.75 Å². The van der Waals surface area contributed by atoms with Gasteiger partial charge in [-0.25, -0.2) is 12.8 Å². The molecule has 2 amide bonds. The van der Waals surface area contributed by atoms with Crippen molar-refractivity contribution < 1.29 is 27.1 Å². The van der Waals surface area contributed by atoms with Crippen molar-refractivity contribution in [2.24, 2.45) is 0 Å². The van der Waals surface area contributed by atoms with Gasteiger partial charge in [0.15, 0.2) is 0 Å². The third-order valence-electron chi connectivity index (χ3n) is 6.97. The van der Waals surface area contributed by atoms with E-state index in [0.717, 1.165) is 38.4 Å². The highest BCUT2D eigenvalue weighted by molar-refractivity contribution is 7.92. The largest absolute Gasteiger partial charge is 0.494 e. The first-order chi connectivity index (χ1) is 18.6. The molecule has 1 atom stereocenters. The average Bonchev–Trinajstić information content (AvgIpc) is 2.91. The second-order valence-electron chi connectivity index (χ2n) is 10.0. The van der Waals surface area contributed by atoms with Crippen molar-refractivity contribution in [1.29, 1.82) is 0 Å². The lowest BCUT2D eigenvalue weighted by atomic mass is 9.95. The summed E-state index contributed by atoms with van der Waals surface area (Å²) in [5.41, 5.74) is 1.19. The molecule has 1 aliphatic carbocycles. The summed E-state index contributed by atoms with van der Waals surface area (Å²) in [6.07, 6.45) is 6.60. The Morgan fingerprint density at radius 3 is 2.28 bits per heavy atom. The number of hydrogen-bond donors (Lipinski definition) is 1. The molecular formula is C29H40FN3O5S. The molecule has 2 aromatic carbocycles. The molecule has 8 nitrogen and oxygen atoms in total. The molecule has 0 saturated heterocycles. The van der Waals surface area contributed by atoms with Crippen molar-refractivity contribution in [2.45, 2.75) is 77.4 Å². The van der Waals surface area contributed by atoms with Crippen molar-refractivity contribution in [3.63, 3.8) is 0 Å². The van der Waals surface area contributed by atoms with Crippen LogP contribution in [0.25, 0.3) is 0 Å². The summed E-state index contributed by atoms with van der Waals surface area (Å²) in [4.78, 5) is 28.0. The fourth-order valence-corrected chi connectivity index (χ4v) is 5.78. The molecule has 0 bridgehead atoms. The maximum absolute atomic E-state index is 13.5. The van der Waals surface area contributed by atoms with Crippen LogP contribution in [0.4, 0.5) is 10.1 Å². The Hall–Kier alpha value is -3.14. The van der Waals surface area contributed by atoms with E-state index in [1.54, 1.807) is 43.3 Å². The van der Waals surface area contributed by atoms with E-state index in [0.29, 0.717) is 23.6 Å². The number of carbonyl (C=O) groups excluding carboxylic acids is 2. The standard InChI is InChI=1S/C29H40FN3O5S/c1-4-38-27-18-16-26(17-19-27)33(39(3,36)37)20-8-11-28(34)32(21-23-12-14-24(30)15-13-23)22(2)29(35)31-25-9-6-5-7-10-25/h12-19,22,25H,4-11,20-21H2,1-3H3,(H,31,35)/t22-/m1/s1. The van der Waals surface area contributed by atoms with Crippen LogP contribution >= 0.6 is 0 Å². The predicted molar refractivity (Wildman–Crippen MR) is 150 cm³/mol. The minimum absolute atomic E-state index is 0.0469. The summed E-state index contributed by atoms with van der Waals surface area (Å²) < 4.78 is 45.2. The zero-order valence-electron chi connectivity index (χ0n) is 23.1. The third kappa shape index (κ3) is 9.23. The number of rotatable bonds is 13. The van der Waals surface area contributed by atoms with Crippen LogP contribution < -0.4 is 14.4 Å². The summed E-state index contributed by atoms with van der Waals surface area (Å²) in [6.45, 7) is 4.32. The van der Waals surface area contributed by atoms with Crippen LogP contribution in [0, 0.1) is 5.82 Å². The maximum atomic E-state index is 13.5. The number of halogens is 1. The van der Waals surface area contributed by atoms with Crippen molar-refractivity contribution >= 4 is 27.5 Å². The zero-order chi connectivity index (χ0) is 28.4. The van der Waals surface area contributed by atoms with E-state index in [2.05, 4.69) is 5.32 Å². The fourth-order valence-electron chi connectivity index (χ4n) is 4.82. The van der Waals surface area contributed by atoms with Crippen molar-refractivity contribution in [2.75, 3.05) is 23.7 Å². The summed E-state index contributed by atoms with van der Waals surface area (Å²) in [7, 11) is -3.59.